The third-order valence-corrected chi connectivity index (χ3v) is 3.27. The zero-order valence-corrected chi connectivity index (χ0v) is 11.4. The lowest BCUT2D eigenvalue weighted by molar-refractivity contribution is -0.122. The molecule has 0 saturated carbocycles. The molecule has 0 aromatic carbocycles. The molecule has 1 aromatic rings. The number of rotatable bonds is 7. The molecule has 5 nitrogen and oxygen atoms in total. The van der Waals surface area contributed by atoms with Gasteiger partial charge in [0, 0.05) is 31.9 Å². The Kier molecular flexibility index (Phi) is 5.34. The molecule has 2 N–H and O–H groups in total. The molecular weight excluding hydrogens is 230 g/mol. The fraction of sp³-hybridized carbons (Fsp3) is 0.692. The minimum absolute atomic E-state index is 0.0176. The fourth-order valence-electron chi connectivity index (χ4n) is 1.41. The van der Waals surface area contributed by atoms with Crippen molar-refractivity contribution in [2.75, 3.05) is 6.54 Å². The number of carbonyl (C=O) groups is 1. The number of aromatic nitrogens is 2. The van der Waals surface area contributed by atoms with E-state index in [1.165, 1.54) is 0 Å². The van der Waals surface area contributed by atoms with Crippen molar-refractivity contribution in [2.24, 2.45) is 5.92 Å². The van der Waals surface area contributed by atoms with Crippen LogP contribution in [-0.4, -0.2) is 32.7 Å². The van der Waals surface area contributed by atoms with E-state index >= 15 is 0 Å². The largest absolute Gasteiger partial charge is 0.388 e. The first kappa shape index (κ1) is 14.7. The average molecular weight is 253 g/mol. The third kappa shape index (κ3) is 4.87. The van der Waals surface area contributed by atoms with Gasteiger partial charge >= 0.3 is 0 Å². The van der Waals surface area contributed by atoms with E-state index in [0.29, 0.717) is 13.0 Å². The Bertz CT molecular complexity index is 358. The van der Waals surface area contributed by atoms with Crippen LogP contribution in [0.4, 0.5) is 0 Å². The van der Waals surface area contributed by atoms with Crippen LogP contribution < -0.4 is 5.32 Å². The number of imidazole rings is 1. The Hall–Kier alpha value is -1.36. The normalized spacial score (nSPS) is 14.5. The van der Waals surface area contributed by atoms with Crippen LogP contribution in [0.3, 0.4) is 0 Å². The van der Waals surface area contributed by atoms with Crippen molar-refractivity contribution in [3.05, 3.63) is 18.7 Å². The molecule has 1 amide bonds. The first-order chi connectivity index (χ1) is 8.42. The summed E-state index contributed by atoms with van der Waals surface area (Å²) >= 11 is 0. The molecule has 1 aromatic heterocycles. The van der Waals surface area contributed by atoms with Gasteiger partial charge in [0.25, 0.3) is 0 Å². The van der Waals surface area contributed by atoms with Gasteiger partial charge in [0.05, 0.1) is 11.9 Å². The lowest BCUT2D eigenvalue weighted by Gasteiger charge is -2.27. The van der Waals surface area contributed by atoms with E-state index in [0.717, 1.165) is 13.0 Å². The van der Waals surface area contributed by atoms with Gasteiger partial charge in [-0.15, -0.1) is 0 Å². The fourth-order valence-corrected chi connectivity index (χ4v) is 1.41. The zero-order chi connectivity index (χ0) is 13.6. The summed E-state index contributed by atoms with van der Waals surface area (Å²) < 4.78 is 1.94. The summed E-state index contributed by atoms with van der Waals surface area (Å²) in [5, 5.41) is 12.8. The van der Waals surface area contributed by atoms with E-state index in [-0.39, 0.29) is 11.8 Å². The highest BCUT2D eigenvalue weighted by Gasteiger charge is 2.25. The molecule has 0 fully saturated rings. The second kappa shape index (κ2) is 6.54. The molecule has 0 aliphatic carbocycles. The monoisotopic (exact) mass is 253 g/mol. The molecule has 1 atom stereocenters. The van der Waals surface area contributed by atoms with Gasteiger partial charge in [-0.05, 0) is 19.3 Å². The summed E-state index contributed by atoms with van der Waals surface area (Å²) in [7, 11) is 0. The van der Waals surface area contributed by atoms with Gasteiger partial charge < -0.3 is 15.0 Å². The van der Waals surface area contributed by atoms with E-state index in [1.807, 2.05) is 24.6 Å². The van der Waals surface area contributed by atoms with E-state index in [2.05, 4.69) is 10.3 Å². The first-order valence-corrected chi connectivity index (χ1v) is 6.36. The summed E-state index contributed by atoms with van der Waals surface area (Å²) in [5.41, 5.74) is -0.847. The van der Waals surface area contributed by atoms with Crippen LogP contribution in [0.15, 0.2) is 18.7 Å². The molecule has 0 saturated heterocycles. The number of carbonyl (C=O) groups excluding carboxylic acids is 1. The van der Waals surface area contributed by atoms with Crippen molar-refractivity contribution in [1.82, 2.24) is 14.9 Å². The minimum Gasteiger partial charge on any atom is -0.388 e. The van der Waals surface area contributed by atoms with Crippen LogP contribution in [0.2, 0.25) is 0 Å². The van der Waals surface area contributed by atoms with Crippen LogP contribution in [0.1, 0.15) is 33.6 Å². The number of amides is 1. The lowest BCUT2D eigenvalue weighted by atomic mass is 9.92. The highest BCUT2D eigenvalue weighted by atomic mass is 16.3. The molecule has 1 heterocycles. The lowest BCUT2D eigenvalue weighted by Crippen LogP contribution is -2.44. The topological polar surface area (TPSA) is 67.2 Å². The predicted octanol–water partition coefficient (Wildman–Crippen LogP) is 1.19. The first-order valence-electron chi connectivity index (χ1n) is 6.36. The highest BCUT2D eigenvalue weighted by molar-refractivity contribution is 5.75. The molecule has 0 aliphatic heterocycles. The average Bonchev–Trinajstić information content (AvgIpc) is 2.79. The second-order valence-corrected chi connectivity index (χ2v) is 5.19. The second-order valence-electron chi connectivity index (χ2n) is 5.19. The maximum Gasteiger partial charge on any atom is 0.220 e. The quantitative estimate of drug-likeness (QED) is 0.767. The number of hydrogen-bond acceptors (Lipinski definition) is 3. The van der Waals surface area contributed by atoms with Crippen molar-refractivity contribution in [2.45, 2.75) is 45.8 Å². The number of hydrogen-bond donors (Lipinski definition) is 2. The van der Waals surface area contributed by atoms with Crippen LogP contribution >= 0.6 is 0 Å². The standard InChI is InChI=1S/C13H23N3O2/c1-11(2)13(3,18)9-15-12(17)5-4-7-16-8-6-14-10-16/h6,8,10-11,18H,4-5,7,9H2,1-3H3,(H,15,17). The van der Waals surface area contributed by atoms with Crippen LogP contribution in [0, 0.1) is 5.92 Å². The van der Waals surface area contributed by atoms with Crippen molar-refractivity contribution in [3.63, 3.8) is 0 Å². The summed E-state index contributed by atoms with van der Waals surface area (Å²) in [5.74, 6) is 0.0970. The van der Waals surface area contributed by atoms with Gasteiger partial charge in [-0.3, -0.25) is 4.79 Å². The van der Waals surface area contributed by atoms with Crippen LogP contribution in [0.25, 0.3) is 0 Å². The molecule has 0 bridgehead atoms. The zero-order valence-electron chi connectivity index (χ0n) is 11.4. The molecular formula is C13H23N3O2. The van der Waals surface area contributed by atoms with Gasteiger partial charge in [-0.1, -0.05) is 13.8 Å². The number of aryl methyl sites for hydroxylation is 1. The highest BCUT2D eigenvalue weighted by Crippen LogP contribution is 2.14. The van der Waals surface area contributed by atoms with Gasteiger partial charge in [0.1, 0.15) is 0 Å². The van der Waals surface area contributed by atoms with E-state index < -0.39 is 5.60 Å². The van der Waals surface area contributed by atoms with E-state index in [9.17, 15) is 9.90 Å². The predicted molar refractivity (Wildman–Crippen MR) is 69.9 cm³/mol. The van der Waals surface area contributed by atoms with E-state index in [4.69, 9.17) is 0 Å². The number of nitrogens with zero attached hydrogens (tertiary/aromatic N) is 2. The van der Waals surface area contributed by atoms with Gasteiger partial charge in [-0.25, -0.2) is 4.98 Å². The van der Waals surface area contributed by atoms with Gasteiger partial charge in [0.2, 0.25) is 5.91 Å². The van der Waals surface area contributed by atoms with Crippen molar-refractivity contribution in [3.8, 4) is 0 Å². The Labute approximate surface area is 108 Å². The minimum atomic E-state index is -0.847. The molecule has 102 valence electrons. The maximum absolute atomic E-state index is 11.6. The molecule has 0 spiro atoms. The number of nitrogens with one attached hydrogen (secondary N) is 1. The molecule has 0 radical (unpaired) electrons. The summed E-state index contributed by atoms with van der Waals surface area (Å²) in [4.78, 5) is 15.5. The van der Waals surface area contributed by atoms with Crippen LogP contribution in [-0.2, 0) is 11.3 Å². The molecule has 1 unspecified atom stereocenters. The summed E-state index contributed by atoms with van der Waals surface area (Å²) in [6.45, 7) is 6.70. The summed E-state index contributed by atoms with van der Waals surface area (Å²) in [6, 6.07) is 0. The Morgan fingerprint density at radius 2 is 2.28 bits per heavy atom. The molecule has 18 heavy (non-hydrogen) atoms. The number of aliphatic hydroxyl groups is 1. The van der Waals surface area contributed by atoms with Crippen molar-refractivity contribution < 1.29 is 9.90 Å². The summed E-state index contributed by atoms with van der Waals surface area (Å²) in [6.07, 6.45) is 6.57. The van der Waals surface area contributed by atoms with Crippen LogP contribution in [0.5, 0.6) is 0 Å². The van der Waals surface area contributed by atoms with Gasteiger partial charge in [0.15, 0.2) is 0 Å². The Balaban J connectivity index is 2.18. The van der Waals surface area contributed by atoms with Gasteiger partial charge in [-0.2, -0.15) is 0 Å². The van der Waals surface area contributed by atoms with E-state index in [1.54, 1.807) is 19.4 Å². The SMILES string of the molecule is CC(C)C(C)(O)CNC(=O)CCCn1ccnc1. The third-order valence-electron chi connectivity index (χ3n) is 3.27. The maximum atomic E-state index is 11.6. The molecule has 5 heteroatoms. The van der Waals surface area contributed by atoms with Crippen molar-refractivity contribution in [1.29, 1.82) is 0 Å². The smallest absolute Gasteiger partial charge is 0.220 e. The Morgan fingerprint density at radius 1 is 1.56 bits per heavy atom. The molecule has 0 aliphatic rings. The van der Waals surface area contributed by atoms with Crippen molar-refractivity contribution >= 4 is 5.91 Å². The Morgan fingerprint density at radius 3 is 2.83 bits per heavy atom. The molecule has 1 rings (SSSR count).